The van der Waals surface area contributed by atoms with Crippen LogP contribution in [0.15, 0.2) is 36.4 Å². The van der Waals surface area contributed by atoms with Gasteiger partial charge in [-0.3, -0.25) is 9.59 Å². The molecule has 2 aliphatic rings. The first-order valence-corrected chi connectivity index (χ1v) is 14.1. The van der Waals surface area contributed by atoms with Crippen LogP contribution in [-0.4, -0.2) is 84.4 Å². The molecule has 2 fully saturated rings. The van der Waals surface area contributed by atoms with Crippen LogP contribution in [0.5, 0.6) is 0 Å². The fourth-order valence-corrected chi connectivity index (χ4v) is 5.96. The molecule has 2 aliphatic heterocycles. The number of anilines is 1. The molecule has 2 saturated heterocycles. The third kappa shape index (κ3) is 6.51. The van der Waals surface area contributed by atoms with Crippen LogP contribution in [0, 0.1) is 17.2 Å². The third-order valence-corrected chi connectivity index (χ3v) is 8.46. The Labute approximate surface area is 242 Å². The maximum absolute atomic E-state index is 14.1. The number of aliphatic hydroxyl groups is 1. The second kappa shape index (κ2) is 12.4. The van der Waals surface area contributed by atoms with Crippen molar-refractivity contribution in [2.75, 3.05) is 45.2 Å². The number of nitrogens with zero attached hydrogens (tertiary/aromatic N) is 4. The van der Waals surface area contributed by atoms with Crippen LogP contribution in [0.3, 0.4) is 0 Å². The molecule has 0 radical (unpaired) electrons. The number of carbonyl (C=O) groups is 2. The van der Waals surface area contributed by atoms with Crippen molar-refractivity contribution < 1.29 is 27.9 Å². The molecule has 0 aliphatic carbocycles. The number of halogens is 4. The van der Waals surface area contributed by atoms with Gasteiger partial charge in [-0.1, -0.05) is 29.8 Å². The van der Waals surface area contributed by atoms with Gasteiger partial charge < -0.3 is 25.2 Å². The number of carbonyl (C=O) groups excluding carboxylic acids is 2. The summed E-state index contributed by atoms with van der Waals surface area (Å²) in [4.78, 5) is 34.5. The molecule has 4 rings (SSSR count). The lowest BCUT2D eigenvalue weighted by Crippen LogP contribution is -2.57. The average molecular weight is 594 g/mol. The zero-order valence-electron chi connectivity index (χ0n) is 23.1. The maximum atomic E-state index is 14.1. The molecular weight excluding hydrogens is 559 g/mol. The average Bonchev–Trinajstić information content (AvgIpc) is 2.96. The number of amides is 2. The second-order valence-corrected chi connectivity index (χ2v) is 11.4. The number of piperidine rings is 2. The number of likely N-dealkylation sites (tertiary alicyclic amines) is 1. The first kappa shape index (κ1) is 30.8. The molecule has 0 saturated carbocycles. The van der Waals surface area contributed by atoms with Gasteiger partial charge in [-0.25, -0.2) is 4.98 Å². The van der Waals surface area contributed by atoms with Gasteiger partial charge in [-0.2, -0.15) is 13.2 Å². The summed E-state index contributed by atoms with van der Waals surface area (Å²) in [5.74, 6) is -0.137. The van der Waals surface area contributed by atoms with Gasteiger partial charge in [0.1, 0.15) is 11.0 Å². The quantitative estimate of drug-likeness (QED) is 0.357. The number of pyridine rings is 1. The summed E-state index contributed by atoms with van der Waals surface area (Å²) in [5, 5.41) is 18.3. The molecule has 1 aromatic carbocycles. The van der Waals surface area contributed by atoms with E-state index in [1.54, 1.807) is 26.2 Å². The minimum Gasteiger partial charge on any atom is -0.369 e. The van der Waals surface area contributed by atoms with E-state index in [2.05, 4.69) is 9.88 Å². The second-order valence-electron chi connectivity index (χ2n) is 11.1. The van der Waals surface area contributed by atoms with E-state index < -0.39 is 23.2 Å². The minimum atomic E-state index is -5.21. The molecule has 1 unspecified atom stereocenters. The molecule has 3 heterocycles. The predicted molar refractivity (Wildman–Crippen MR) is 150 cm³/mol. The van der Waals surface area contributed by atoms with Crippen LogP contribution < -0.4 is 4.90 Å². The molecule has 2 aromatic rings. The normalized spacial score (nSPS) is 18.6. The van der Waals surface area contributed by atoms with Crippen LogP contribution in [0.4, 0.5) is 19.0 Å². The highest BCUT2D eigenvalue weighted by molar-refractivity contribution is 6.32. The summed E-state index contributed by atoms with van der Waals surface area (Å²) in [6.07, 6.45) is -0.432. The van der Waals surface area contributed by atoms with Crippen LogP contribution in [-0.2, 0) is 10.4 Å². The van der Waals surface area contributed by atoms with E-state index in [-0.39, 0.29) is 35.6 Å². The Kier molecular flexibility index (Phi) is 9.28. The van der Waals surface area contributed by atoms with Crippen molar-refractivity contribution in [1.82, 2.24) is 14.8 Å². The molecular formula is C29H35ClF3N5O3. The number of benzene rings is 1. The summed E-state index contributed by atoms with van der Waals surface area (Å²) in [7, 11) is 3.31. The van der Waals surface area contributed by atoms with Crippen molar-refractivity contribution in [3.63, 3.8) is 0 Å². The van der Waals surface area contributed by atoms with Gasteiger partial charge in [0, 0.05) is 52.1 Å². The van der Waals surface area contributed by atoms with Crippen molar-refractivity contribution >= 4 is 35.4 Å². The Balaban J connectivity index is 1.31. The minimum absolute atomic E-state index is 0.144. The van der Waals surface area contributed by atoms with Crippen molar-refractivity contribution in [2.24, 2.45) is 11.8 Å². The smallest absolute Gasteiger partial charge is 0.369 e. The Bertz CT molecular complexity index is 1270. The Morgan fingerprint density at radius 1 is 1.07 bits per heavy atom. The number of rotatable bonds is 7. The number of alkyl halides is 3. The topological polar surface area (TPSA) is 101 Å². The molecule has 8 nitrogen and oxygen atoms in total. The fraction of sp³-hybridized carbons (Fsp3) is 0.517. The number of hydrogen-bond acceptors (Lipinski definition) is 6. The number of aromatic nitrogens is 1. The van der Waals surface area contributed by atoms with Crippen LogP contribution in [0.2, 0.25) is 5.15 Å². The number of hydrogen-bond donors (Lipinski definition) is 2. The molecule has 2 amide bonds. The predicted octanol–water partition coefficient (Wildman–Crippen LogP) is 4.73. The molecule has 1 aromatic heterocycles. The van der Waals surface area contributed by atoms with E-state index in [0.717, 1.165) is 61.4 Å². The molecule has 41 heavy (non-hydrogen) atoms. The van der Waals surface area contributed by atoms with Gasteiger partial charge in [0.05, 0.1) is 5.56 Å². The van der Waals surface area contributed by atoms with Gasteiger partial charge >= 0.3 is 6.18 Å². The monoisotopic (exact) mass is 593 g/mol. The maximum Gasteiger partial charge on any atom is 0.430 e. The summed E-state index contributed by atoms with van der Waals surface area (Å²) in [5.41, 5.74) is -3.73. The Hall–Kier alpha value is -3.18. The highest BCUT2D eigenvalue weighted by Crippen LogP contribution is 2.42. The van der Waals surface area contributed by atoms with E-state index in [1.807, 2.05) is 0 Å². The summed E-state index contributed by atoms with van der Waals surface area (Å²) in [6.45, 7) is 1.84. The molecule has 0 bridgehead atoms. The third-order valence-electron chi connectivity index (χ3n) is 8.17. The molecule has 12 heteroatoms. The van der Waals surface area contributed by atoms with Crippen molar-refractivity contribution in [2.45, 2.75) is 43.9 Å². The first-order valence-electron chi connectivity index (χ1n) is 13.7. The van der Waals surface area contributed by atoms with E-state index >= 15 is 0 Å². The van der Waals surface area contributed by atoms with Crippen molar-refractivity contribution in [3.8, 4) is 0 Å². The highest BCUT2D eigenvalue weighted by Gasteiger charge is 2.62. The van der Waals surface area contributed by atoms with Crippen LogP contribution in [0.25, 0.3) is 0 Å². The number of nitrogens with one attached hydrogen (secondary N) is 1. The largest absolute Gasteiger partial charge is 0.430 e. The molecule has 0 spiro atoms. The summed E-state index contributed by atoms with van der Waals surface area (Å²) in [6, 6.07) is 8.32. The van der Waals surface area contributed by atoms with E-state index in [4.69, 9.17) is 17.0 Å². The van der Waals surface area contributed by atoms with Gasteiger partial charge in [0.2, 0.25) is 0 Å². The van der Waals surface area contributed by atoms with Gasteiger partial charge in [0.25, 0.3) is 17.4 Å². The lowest BCUT2D eigenvalue weighted by atomic mass is 9.82. The Morgan fingerprint density at radius 2 is 1.68 bits per heavy atom. The summed E-state index contributed by atoms with van der Waals surface area (Å²) < 4.78 is 42.3. The fourth-order valence-electron chi connectivity index (χ4n) is 5.73. The first-order chi connectivity index (χ1) is 19.3. The van der Waals surface area contributed by atoms with Crippen LogP contribution in [0.1, 0.15) is 53.6 Å². The van der Waals surface area contributed by atoms with E-state index in [9.17, 15) is 27.9 Å². The molecule has 222 valence electrons. The zero-order chi connectivity index (χ0) is 29.9. The van der Waals surface area contributed by atoms with E-state index in [1.165, 1.54) is 17.0 Å². The van der Waals surface area contributed by atoms with Crippen LogP contribution >= 0.6 is 11.6 Å². The standard InChI is InChI=1S/C29H35ClF3N5O3/c1-36(2)26(39)23-6-7-24(35-25(23)30)37-12-8-19(9-13-37)16-20-10-14-38(15-11-20)27(40)28(41,29(31,32)33)22-5-3-4-21(17-22)18-34/h3-7,17-20,34,41H,8-16H2,1-2H3. The van der Waals surface area contributed by atoms with E-state index in [0.29, 0.717) is 24.3 Å². The van der Waals surface area contributed by atoms with Crippen molar-refractivity contribution in [3.05, 3.63) is 58.2 Å². The SMILES string of the molecule is CN(C)C(=O)c1ccc(N2CCC(CC3CCN(C(=O)C(O)(c4cccc(C=N)c4)C(F)(F)F)CC3)CC2)nc1Cl. The molecule has 2 N–H and O–H groups in total. The lowest BCUT2D eigenvalue weighted by Gasteiger charge is -2.40. The van der Waals surface area contributed by atoms with Gasteiger partial charge in [-0.05, 0) is 67.7 Å². The van der Waals surface area contributed by atoms with Crippen molar-refractivity contribution in [1.29, 1.82) is 5.41 Å². The lowest BCUT2D eigenvalue weighted by molar-refractivity contribution is -0.262. The molecule has 1 atom stereocenters. The Morgan fingerprint density at radius 3 is 2.22 bits per heavy atom. The van der Waals surface area contributed by atoms with Gasteiger partial charge in [0.15, 0.2) is 0 Å². The highest BCUT2D eigenvalue weighted by atomic mass is 35.5. The van der Waals surface area contributed by atoms with Gasteiger partial charge in [-0.15, -0.1) is 0 Å². The zero-order valence-corrected chi connectivity index (χ0v) is 23.9. The summed E-state index contributed by atoms with van der Waals surface area (Å²) >= 11 is 6.28.